The zero-order chi connectivity index (χ0) is 18.8. The van der Waals surface area contributed by atoms with E-state index in [0.717, 1.165) is 35.4 Å². The molecule has 0 spiro atoms. The summed E-state index contributed by atoms with van der Waals surface area (Å²) >= 11 is 1.73. The molecule has 0 unspecified atom stereocenters. The normalized spacial score (nSPS) is 11.5. The van der Waals surface area contributed by atoms with E-state index < -0.39 is 0 Å². The summed E-state index contributed by atoms with van der Waals surface area (Å²) in [5.41, 5.74) is 3.36. The van der Waals surface area contributed by atoms with Crippen LogP contribution in [0.4, 0.5) is 5.69 Å². The van der Waals surface area contributed by atoms with Crippen molar-refractivity contribution >= 4 is 23.0 Å². The topological polar surface area (TPSA) is 70.6 Å². The number of hydrogen-bond acceptors (Lipinski definition) is 5. The summed E-state index contributed by atoms with van der Waals surface area (Å²) in [6, 6.07) is 8.33. The number of nitrogens with one attached hydrogen (secondary N) is 3. The molecule has 0 amide bonds. The molecule has 0 aliphatic rings. The minimum atomic E-state index is 0.629. The van der Waals surface area contributed by atoms with E-state index in [-0.39, 0.29) is 0 Å². The van der Waals surface area contributed by atoms with Crippen LogP contribution in [0.15, 0.2) is 29.3 Å². The monoisotopic (exact) mass is 375 g/mol. The molecular weight excluding hydrogens is 346 g/mol. The molecule has 1 heterocycles. The average molecular weight is 376 g/mol. The molecule has 1 aromatic carbocycles. The Labute approximate surface area is 160 Å². The lowest BCUT2D eigenvalue weighted by atomic mass is 10.2. The predicted molar refractivity (Wildman–Crippen MR) is 110 cm³/mol. The molecule has 26 heavy (non-hydrogen) atoms. The van der Waals surface area contributed by atoms with Gasteiger partial charge in [-0.2, -0.15) is 0 Å². The van der Waals surface area contributed by atoms with Crippen LogP contribution in [-0.2, 0) is 17.8 Å². The fourth-order valence-electron chi connectivity index (χ4n) is 2.31. The Balaban J connectivity index is 1.89. The van der Waals surface area contributed by atoms with Gasteiger partial charge in [0, 0.05) is 30.8 Å². The summed E-state index contributed by atoms with van der Waals surface area (Å²) in [5, 5.41) is 11.0. The van der Waals surface area contributed by atoms with Crippen molar-refractivity contribution in [2.24, 2.45) is 4.99 Å². The molecule has 0 saturated carbocycles. The summed E-state index contributed by atoms with van der Waals surface area (Å²) in [4.78, 5) is 10.5. The summed E-state index contributed by atoms with van der Waals surface area (Å²) in [6.07, 6.45) is 0. The molecule has 2 aromatic rings. The number of aryl methyl sites for hydroxylation is 2. The molecule has 1 aromatic heterocycles. The maximum Gasteiger partial charge on any atom is 0.191 e. The first-order valence-electron chi connectivity index (χ1n) is 8.89. The molecule has 0 saturated heterocycles. The predicted octanol–water partition coefficient (Wildman–Crippen LogP) is 3.07. The van der Waals surface area contributed by atoms with Gasteiger partial charge in [0.1, 0.15) is 5.01 Å². The molecule has 0 bridgehead atoms. The lowest BCUT2D eigenvalue weighted by molar-refractivity contribution is 0.211. The van der Waals surface area contributed by atoms with Crippen molar-refractivity contribution in [2.45, 2.75) is 33.9 Å². The third-order valence-corrected chi connectivity index (χ3v) is 4.91. The van der Waals surface area contributed by atoms with Crippen LogP contribution in [0.5, 0.6) is 0 Å². The Hall–Kier alpha value is -2.12. The second-order valence-corrected chi connectivity index (χ2v) is 7.20. The molecule has 0 aliphatic carbocycles. The number of thiazole rings is 1. The van der Waals surface area contributed by atoms with Gasteiger partial charge in [-0.15, -0.1) is 11.3 Å². The third-order valence-electron chi connectivity index (χ3n) is 3.83. The van der Waals surface area contributed by atoms with Crippen LogP contribution in [0.1, 0.15) is 28.1 Å². The van der Waals surface area contributed by atoms with Crippen LogP contribution < -0.4 is 16.0 Å². The first kappa shape index (κ1) is 20.2. The van der Waals surface area contributed by atoms with E-state index in [9.17, 15) is 0 Å². The number of hydrogen-bond donors (Lipinski definition) is 3. The van der Waals surface area contributed by atoms with Crippen LogP contribution in [0.3, 0.4) is 0 Å². The van der Waals surface area contributed by atoms with Gasteiger partial charge in [0.15, 0.2) is 5.96 Å². The number of nitrogens with zero attached hydrogens (tertiary/aromatic N) is 2. The quantitative estimate of drug-likeness (QED) is 0.357. The molecule has 0 fully saturated rings. The number of ether oxygens (including phenoxy) is 1. The maximum atomic E-state index is 5.04. The number of rotatable bonds is 9. The SMILES string of the molecule is CCNC(=NCc1ccc(NCCOC)cc1)NCc1nc(C)c(C)s1. The van der Waals surface area contributed by atoms with Gasteiger partial charge in [0.2, 0.25) is 0 Å². The van der Waals surface area contributed by atoms with Crippen molar-refractivity contribution in [1.82, 2.24) is 15.6 Å². The first-order valence-corrected chi connectivity index (χ1v) is 9.70. The summed E-state index contributed by atoms with van der Waals surface area (Å²) in [7, 11) is 1.70. The smallest absolute Gasteiger partial charge is 0.191 e. The molecular formula is C19H29N5OS. The maximum absolute atomic E-state index is 5.04. The van der Waals surface area contributed by atoms with Gasteiger partial charge in [-0.3, -0.25) is 0 Å². The number of benzene rings is 1. The van der Waals surface area contributed by atoms with Gasteiger partial charge < -0.3 is 20.7 Å². The van der Waals surface area contributed by atoms with Crippen molar-refractivity contribution in [3.63, 3.8) is 0 Å². The lowest BCUT2D eigenvalue weighted by Crippen LogP contribution is -2.36. The largest absolute Gasteiger partial charge is 0.383 e. The molecule has 3 N–H and O–H groups in total. The molecule has 142 valence electrons. The second kappa shape index (κ2) is 10.8. The highest BCUT2D eigenvalue weighted by molar-refractivity contribution is 7.11. The highest BCUT2D eigenvalue weighted by atomic mass is 32.1. The van der Waals surface area contributed by atoms with Crippen molar-refractivity contribution in [2.75, 3.05) is 32.1 Å². The minimum Gasteiger partial charge on any atom is -0.383 e. The van der Waals surface area contributed by atoms with Crippen molar-refractivity contribution < 1.29 is 4.74 Å². The number of anilines is 1. The molecule has 0 atom stereocenters. The summed E-state index contributed by atoms with van der Waals surface area (Å²) < 4.78 is 5.04. The standard InChI is InChI=1S/C19H29N5OS/c1-5-20-19(23-13-18-24-14(2)15(3)26-18)22-12-16-6-8-17(9-7-16)21-10-11-25-4/h6-9,21H,5,10-13H2,1-4H3,(H2,20,22,23). The van der Waals surface area contributed by atoms with Crippen molar-refractivity contribution in [3.05, 3.63) is 45.4 Å². The van der Waals surface area contributed by atoms with Gasteiger partial charge in [0.05, 0.1) is 25.4 Å². The van der Waals surface area contributed by atoms with E-state index in [1.54, 1.807) is 18.4 Å². The number of aromatic nitrogens is 1. The molecule has 2 rings (SSSR count). The zero-order valence-electron chi connectivity index (χ0n) is 16.1. The number of aliphatic imine (C=N–C) groups is 1. The van der Waals surface area contributed by atoms with Crippen LogP contribution in [0.2, 0.25) is 0 Å². The van der Waals surface area contributed by atoms with Crippen molar-refractivity contribution in [3.8, 4) is 0 Å². The first-order chi connectivity index (χ1) is 12.6. The fraction of sp³-hybridized carbons (Fsp3) is 0.474. The number of guanidine groups is 1. The Morgan fingerprint density at radius 2 is 1.96 bits per heavy atom. The van der Waals surface area contributed by atoms with Crippen LogP contribution >= 0.6 is 11.3 Å². The Morgan fingerprint density at radius 1 is 1.19 bits per heavy atom. The number of methoxy groups -OCH3 is 1. The molecule has 0 radical (unpaired) electrons. The highest BCUT2D eigenvalue weighted by Crippen LogP contribution is 2.16. The van der Waals surface area contributed by atoms with Gasteiger partial charge in [-0.25, -0.2) is 9.98 Å². The van der Waals surface area contributed by atoms with Gasteiger partial charge in [-0.05, 0) is 38.5 Å². The zero-order valence-corrected chi connectivity index (χ0v) is 16.9. The van der Waals surface area contributed by atoms with E-state index in [0.29, 0.717) is 19.7 Å². The molecule has 0 aliphatic heterocycles. The van der Waals surface area contributed by atoms with Gasteiger partial charge in [-0.1, -0.05) is 12.1 Å². The highest BCUT2D eigenvalue weighted by Gasteiger charge is 2.05. The summed E-state index contributed by atoms with van der Waals surface area (Å²) in [5.74, 6) is 0.806. The minimum absolute atomic E-state index is 0.629. The van der Waals surface area contributed by atoms with E-state index in [1.807, 2.05) is 6.92 Å². The average Bonchev–Trinajstić information content (AvgIpc) is 2.96. The lowest BCUT2D eigenvalue weighted by Gasteiger charge is -2.10. The molecule has 7 heteroatoms. The van der Waals surface area contributed by atoms with Gasteiger partial charge >= 0.3 is 0 Å². The Kier molecular flexibility index (Phi) is 8.37. The molecule has 6 nitrogen and oxygen atoms in total. The Morgan fingerprint density at radius 3 is 2.58 bits per heavy atom. The van der Waals surface area contributed by atoms with Crippen LogP contribution in [0.25, 0.3) is 0 Å². The fourth-order valence-corrected chi connectivity index (χ4v) is 3.19. The summed E-state index contributed by atoms with van der Waals surface area (Å²) in [6.45, 7) is 9.85. The van der Waals surface area contributed by atoms with Crippen molar-refractivity contribution in [1.29, 1.82) is 0 Å². The second-order valence-electron chi connectivity index (χ2n) is 5.91. The van der Waals surface area contributed by atoms with E-state index >= 15 is 0 Å². The Bertz CT molecular complexity index is 677. The van der Waals surface area contributed by atoms with E-state index in [4.69, 9.17) is 4.74 Å². The van der Waals surface area contributed by atoms with E-state index in [2.05, 4.69) is 64.0 Å². The van der Waals surface area contributed by atoms with Crippen LogP contribution in [0, 0.1) is 13.8 Å². The van der Waals surface area contributed by atoms with E-state index in [1.165, 1.54) is 10.4 Å². The van der Waals surface area contributed by atoms with Crippen LogP contribution in [-0.4, -0.2) is 37.7 Å². The third kappa shape index (κ3) is 6.65. The van der Waals surface area contributed by atoms with Gasteiger partial charge in [0.25, 0.3) is 0 Å².